The first-order chi connectivity index (χ1) is 8.58. The fourth-order valence-corrected chi connectivity index (χ4v) is 3.94. The molecule has 0 aromatic rings. The maximum Gasteiger partial charge on any atom is 0.221 e. The third kappa shape index (κ3) is 3.89. The summed E-state index contributed by atoms with van der Waals surface area (Å²) in [4.78, 5) is 12.1. The highest BCUT2D eigenvalue weighted by Gasteiger charge is 2.33. The summed E-state index contributed by atoms with van der Waals surface area (Å²) in [5.74, 6) is 2.48. The van der Waals surface area contributed by atoms with Crippen molar-refractivity contribution in [1.29, 1.82) is 0 Å². The number of carbonyl (C=O) groups is 1. The van der Waals surface area contributed by atoms with E-state index in [9.17, 15) is 4.79 Å². The largest absolute Gasteiger partial charge is 0.353 e. The lowest BCUT2D eigenvalue weighted by molar-refractivity contribution is -0.123. The highest BCUT2D eigenvalue weighted by molar-refractivity contribution is 7.99. The molecule has 4 heteroatoms. The molecule has 1 heterocycles. The topological polar surface area (TPSA) is 41.1 Å². The van der Waals surface area contributed by atoms with Crippen molar-refractivity contribution in [2.24, 2.45) is 5.41 Å². The van der Waals surface area contributed by atoms with Crippen molar-refractivity contribution < 1.29 is 4.79 Å². The maximum atomic E-state index is 12.1. The molecule has 0 aromatic heterocycles. The van der Waals surface area contributed by atoms with Gasteiger partial charge in [-0.1, -0.05) is 26.7 Å². The van der Waals surface area contributed by atoms with E-state index >= 15 is 0 Å². The van der Waals surface area contributed by atoms with Gasteiger partial charge in [-0.2, -0.15) is 11.8 Å². The van der Waals surface area contributed by atoms with Crippen LogP contribution in [0.5, 0.6) is 0 Å². The molecule has 2 atom stereocenters. The van der Waals surface area contributed by atoms with E-state index in [4.69, 9.17) is 0 Å². The van der Waals surface area contributed by atoms with Gasteiger partial charge in [-0.05, 0) is 18.3 Å². The predicted molar refractivity (Wildman–Crippen MR) is 77.9 cm³/mol. The fraction of sp³-hybridized carbons (Fsp3) is 0.929. The van der Waals surface area contributed by atoms with Crippen LogP contribution in [0.2, 0.25) is 0 Å². The summed E-state index contributed by atoms with van der Waals surface area (Å²) in [5, 5.41) is 6.69. The SMILES string of the molecule is CC1(C)CCCCC1NC(=O)CC1CSCCN1. The van der Waals surface area contributed by atoms with Gasteiger partial charge in [-0.3, -0.25) is 4.79 Å². The average molecular weight is 270 g/mol. The molecule has 1 saturated carbocycles. The summed E-state index contributed by atoms with van der Waals surface area (Å²) in [6.45, 7) is 5.61. The molecule has 2 N–H and O–H groups in total. The van der Waals surface area contributed by atoms with E-state index in [1.807, 2.05) is 11.8 Å². The van der Waals surface area contributed by atoms with Crippen molar-refractivity contribution in [2.75, 3.05) is 18.1 Å². The highest BCUT2D eigenvalue weighted by atomic mass is 32.2. The molecular weight excluding hydrogens is 244 g/mol. The van der Waals surface area contributed by atoms with Gasteiger partial charge < -0.3 is 10.6 Å². The molecule has 2 rings (SSSR count). The zero-order chi connectivity index (χ0) is 13.0. The van der Waals surface area contributed by atoms with Gasteiger partial charge >= 0.3 is 0 Å². The Bertz CT molecular complexity index is 288. The van der Waals surface area contributed by atoms with Crippen LogP contribution in [0.1, 0.15) is 46.0 Å². The fourth-order valence-electron chi connectivity index (χ4n) is 2.99. The van der Waals surface area contributed by atoms with Crippen LogP contribution in [-0.2, 0) is 4.79 Å². The number of hydrogen-bond donors (Lipinski definition) is 2. The Hall–Kier alpha value is -0.220. The smallest absolute Gasteiger partial charge is 0.221 e. The minimum Gasteiger partial charge on any atom is -0.353 e. The lowest BCUT2D eigenvalue weighted by Gasteiger charge is -2.39. The lowest BCUT2D eigenvalue weighted by Crippen LogP contribution is -2.49. The maximum absolute atomic E-state index is 12.1. The molecule has 0 aromatic carbocycles. The third-order valence-corrected chi connectivity index (χ3v) is 5.40. The molecule has 2 aliphatic rings. The predicted octanol–water partition coefficient (Wildman–Crippen LogP) is 2.17. The second-order valence-corrected chi connectivity index (χ2v) is 7.43. The van der Waals surface area contributed by atoms with Crippen LogP contribution in [0.3, 0.4) is 0 Å². The van der Waals surface area contributed by atoms with Gasteiger partial charge in [-0.15, -0.1) is 0 Å². The van der Waals surface area contributed by atoms with Crippen LogP contribution in [-0.4, -0.2) is 36.0 Å². The van der Waals surface area contributed by atoms with Gasteiger partial charge in [0.15, 0.2) is 0 Å². The van der Waals surface area contributed by atoms with Crippen LogP contribution in [0.25, 0.3) is 0 Å². The molecule has 2 unspecified atom stereocenters. The molecular formula is C14H26N2OS. The average Bonchev–Trinajstić information content (AvgIpc) is 2.33. The van der Waals surface area contributed by atoms with Crippen LogP contribution in [0.4, 0.5) is 0 Å². The first-order valence-corrected chi connectivity index (χ1v) is 8.34. The summed E-state index contributed by atoms with van der Waals surface area (Å²) in [7, 11) is 0. The minimum absolute atomic E-state index is 0.231. The molecule has 0 bridgehead atoms. The molecule has 0 radical (unpaired) electrons. The highest BCUT2D eigenvalue weighted by Crippen LogP contribution is 2.35. The van der Waals surface area contributed by atoms with Crippen molar-refractivity contribution >= 4 is 17.7 Å². The van der Waals surface area contributed by atoms with Crippen LogP contribution in [0, 0.1) is 5.41 Å². The monoisotopic (exact) mass is 270 g/mol. The first-order valence-electron chi connectivity index (χ1n) is 7.18. The molecule has 3 nitrogen and oxygen atoms in total. The molecule has 1 aliphatic carbocycles. The Morgan fingerprint density at radius 1 is 1.44 bits per heavy atom. The summed E-state index contributed by atoms with van der Waals surface area (Å²) < 4.78 is 0. The van der Waals surface area contributed by atoms with E-state index in [1.54, 1.807) is 0 Å². The minimum atomic E-state index is 0.231. The van der Waals surface area contributed by atoms with E-state index < -0.39 is 0 Å². The van der Waals surface area contributed by atoms with Crippen LogP contribution >= 0.6 is 11.8 Å². The number of thioether (sulfide) groups is 1. The Kier molecular flexibility index (Phi) is 4.96. The van der Waals surface area contributed by atoms with Gasteiger partial charge in [0.25, 0.3) is 0 Å². The first kappa shape index (κ1) is 14.2. The summed E-state index contributed by atoms with van der Waals surface area (Å²) in [6, 6.07) is 0.741. The summed E-state index contributed by atoms with van der Waals surface area (Å²) >= 11 is 1.95. The number of hydrogen-bond acceptors (Lipinski definition) is 3. The Balaban J connectivity index is 1.79. The standard InChI is InChI=1S/C14H26N2OS/c1-14(2)6-4-3-5-12(14)16-13(17)9-11-10-18-8-7-15-11/h11-12,15H,3-10H2,1-2H3,(H,16,17). The van der Waals surface area contributed by atoms with Crippen molar-refractivity contribution in [3.63, 3.8) is 0 Å². The van der Waals surface area contributed by atoms with E-state index in [0.717, 1.165) is 18.7 Å². The van der Waals surface area contributed by atoms with Gasteiger partial charge in [0.05, 0.1) is 0 Å². The van der Waals surface area contributed by atoms with Crippen molar-refractivity contribution in [3.05, 3.63) is 0 Å². The van der Waals surface area contributed by atoms with Crippen LogP contribution < -0.4 is 10.6 Å². The van der Waals surface area contributed by atoms with E-state index in [2.05, 4.69) is 24.5 Å². The van der Waals surface area contributed by atoms with Crippen molar-refractivity contribution in [3.8, 4) is 0 Å². The Morgan fingerprint density at radius 3 is 2.94 bits per heavy atom. The summed E-state index contributed by atoms with van der Waals surface area (Å²) in [5.41, 5.74) is 0.267. The zero-order valence-electron chi connectivity index (χ0n) is 11.6. The van der Waals surface area contributed by atoms with Crippen molar-refractivity contribution in [2.45, 2.75) is 58.0 Å². The quantitative estimate of drug-likeness (QED) is 0.826. The molecule has 2 fully saturated rings. The van der Waals surface area contributed by atoms with Crippen molar-refractivity contribution in [1.82, 2.24) is 10.6 Å². The number of carbonyl (C=O) groups excluding carboxylic acids is 1. The van der Waals surface area contributed by atoms with Gasteiger partial charge in [0.2, 0.25) is 5.91 Å². The summed E-state index contributed by atoms with van der Waals surface area (Å²) in [6.07, 6.45) is 5.58. The Labute approximate surface area is 115 Å². The second kappa shape index (κ2) is 6.29. The molecule has 1 amide bonds. The molecule has 1 aliphatic heterocycles. The Morgan fingerprint density at radius 2 is 2.28 bits per heavy atom. The number of nitrogens with one attached hydrogen (secondary N) is 2. The van der Waals surface area contributed by atoms with E-state index in [-0.39, 0.29) is 11.3 Å². The number of rotatable bonds is 3. The normalized spacial score (nSPS) is 31.9. The van der Waals surface area contributed by atoms with Crippen LogP contribution in [0.15, 0.2) is 0 Å². The van der Waals surface area contributed by atoms with E-state index in [1.165, 1.54) is 25.0 Å². The molecule has 18 heavy (non-hydrogen) atoms. The lowest BCUT2D eigenvalue weighted by atomic mass is 9.73. The second-order valence-electron chi connectivity index (χ2n) is 6.28. The van der Waals surface area contributed by atoms with Gasteiger partial charge in [0.1, 0.15) is 0 Å². The molecule has 0 spiro atoms. The zero-order valence-corrected chi connectivity index (χ0v) is 12.4. The number of amides is 1. The molecule has 1 saturated heterocycles. The van der Waals surface area contributed by atoms with E-state index in [0.29, 0.717) is 18.5 Å². The van der Waals surface area contributed by atoms with Gasteiger partial charge in [-0.25, -0.2) is 0 Å². The molecule has 104 valence electrons. The van der Waals surface area contributed by atoms with Gasteiger partial charge in [0, 0.05) is 36.6 Å². The third-order valence-electron chi connectivity index (χ3n) is 4.27.